The van der Waals surface area contributed by atoms with E-state index in [-0.39, 0.29) is 24.9 Å². The molecule has 0 saturated heterocycles. The second-order valence-electron chi connectivity index (χ2n) is 3.99. The lowest BCUT2D eigenvalue weighted by molar-refractivity contribution is -0.385. The first-order valence-electron chi connectivity index (χ1n) is 5.58. The molecule has 0 aromatic heterocycles. The van der Waals surface area contributed by atoms with Crippen molar-refractivity contribution in [1.29, 1.82) is 0 Å². The summed E-state index contributed by atoms with van der Waals surface area (Å²) in [6.45, 7) is 3.69. The Morgan fingerprint density at radius 2 is 2.11 bits per heavy atom. The van der Waals surface area contributed by atoms with Crippen molar-refractivity contribution in [3.63, 3.8) is 0 Å². The summed E-state index contributed by atoms with van der Waals surface area (Å²) in [5.74, 6) is 0.894. The van der Waals surface area contributed by atoms with E-state index in [0.717, 1.165) is 0 Å². The van der Waals surface area contributed by atoms with Crippen LogP contribution in [-0.4, -0.2) is 11.7 Å². The highest BCUT2D eigenvalue weighted by Crippen LogP contribution is 2.40. The molecule has 2 rings (SSSR count). The lowest BCUT2D eigenvalue weighted by atomic mass is 10.0. The standard InChI is InChI=1S/C12H14N2O4.ClH/c1-2-3-4-9(13)8-5-11-12(18-7-17-11)6-10(8)14(15)16;/h2,5-6,9H,1,3-4,7,13H2;1H/t9-;/m1./s1. The fourth-order valence-electron chi connectivity index (χ4n) is 1.85. The van der Waals surface area contributed by atoms with Crippen molar-refractivity contribution in [2.75, 3.05) is 6.79 Å². The van der Waals surface area contributed by atoms with E-state index in [1.54, 1.807) is 12.1 Å². The zero-order valence-corrected chi connectivity index (χ0v) is 11.0. The first-order valence-corrected chi connectivity index (χ1v) is 5.58. The average Bonchev–Trinajstić information content (AvgIpc) is 2.81. The van der Waals surface area contributed by atoms with Gasteiger partial charge in [0.1, 0.15) is 0 Å². The summed E-state index contributed by atoms with van der Waals surface area (Å²) >= 11 is 0. The largest absolute Gasteiger partial charge is 0.454 e. The van der Waals surface area contributed by atoms with Crippen molar-refractivity contribution in [3.8, 4) is 11.5 Å². The molecule has 6 nitrogen and oxygen atoms in total. The van der Waals surface area contributed by atoms with Gasteiger partial charge in [-0.2, -0.15) is 0 Å². The monoisotopic (exact) mass is 286 g/mol. The van der Waals surface area contributed by atoms with E-state index in [1.807, 2.05) is 0 Å². The van der Waals surface area contributed by atoms with Crippen LogP contribution in [0.4, 0.5) is 5.69 Å². The molecule has 1 heterocycles. The van der Waals surface area contributed by atoms with Crippen molar-refractivity contribution in [3.05, 3.63) is 40.5 Å². The van der Waals surface area contributed by atoms with Gasteiger partial charge in [0.2, 0.25) is 6.79 Å². The third kappa shape index (κ3) is 3.15. The summed E-state index contributed by atoms with van der Waals surface area (Å²) in [6, 6.07) is 2.54. The third-order valence-electron chi connectivity index (χ3n) is 2.80. The quantitative estimate of drug-likeness (QED) is 0.511. The number of fused-ring (bicyclic) bond motifs is 1. The predicted octanol–water partition coefficient (Wildman–Crippen LogP) is 2.71. The molecule has 0 spiro atoms. The minimum atomic E-state index is -0.453. The maximum absolute atomic E-state index is 11.0. The zero-order chi connectivity index (χ0) is 13.1. The normalized spacial score (nSPS) is 13.5. The molecule has 0 radical (unpaired) electrons. The van der Waals surface area contributed by atoms with Gasteiger partial charge in [0.25, 0.3) is 5.69 Å². The number of halogens is 1. The number of rotatable bonds is 5. The number of hydrogen-bond donors (Lipinski definition) is 1. The lowest BCUT2D eigenvalue weighted by Crippen LogP contribution is -2.12. The molecule has 0 saturated carbocycles. The number of benzene rings is 1. The van der Waals surface area contributed by atoms with Gasteiger partial charge in [-0.1, -0.05) is 6.08 Å². The number of hydrogen-bond acceptors (Lipinski definition) is 5. The van der Waals surface area contributed by atoms with Crippen molar-refractivity contribution in [2.45, 2.75) is 18.9 Å². The highest BCUT2D eigenvalue weighted by molar-refractivity contribution is 5.85. The maximum atomic E-state index is 11.0. The molecule has 0 bridgehead atoms. The molecule has 104 valence electrons. The minimum absolute atomic E-state index is 0. The van der Waals surface area contributed by atoms with Gasteiger partial charge in [0.15, 0.2) is 11.5 Å². The van der Waals surface area contributed by atoms with Gasteiger partial charge in [0, 0.05) is 6.04 Å². The van der Waals surface area contributed by atoms with E-state index in [4.69, 9.17) is 15.2 Å². The van der Waals surface area contributed by atoms with E-state index >= 15 is 0 Å². The molecule has 19 heavy (non-hydrogen) atoms. The van der Waals surface area contributed by atoms with Crippen LogP contribution in [0.15, 0.2) is 24.8 Å². The molecule has 0 unspecified atom stereocenters. The smallest absolute Gasteiger partial charge is 0.278 e. The van der Waals surface area contributed by atoms with E-state index in [1.165, 1.54) is 6.07 Å². The van der Waals surface area contributed by atoms with Crippen molar-refractivity contribution in [2.24, 2.45) is 5.73 Å². The number of allylic oxidation sites excluding steroid dienone is 1. The van der Waals surface area contributed by atoms with Gasteiger partial charge in [-0.15, -0.1) is 19.0 Å². The van der Waals surface area contributed by atoms with Crippen LogP contribution in [0.2, 0.25) is 0 Å². The molecule has 1 aromatic carbocycles. The molecule has 1 atom stereocenters. The third-order valence-corrected chi connectivity index (χ3v) is 2.80. The van der Waals surface area contributed by atoms with E-state index < -0.39 is 11.0 Å². The summed E-state index contributed by atoms with van der Waals surface area (Å²) < 4.78 is 10.3. The average molecular weight is 287 g/mol. The van der Waals surface area contributed by atoms with Crippen LogP contribution in [0.3, 0.4) is 0 Å². The number of ether oxygens (including phenoxy) is 2. The fraction of sp³-hybridized carbons (Fsp3) is 0.333. The second-order valence-corrected chi connectivity index (χ2v) is 3.99. The van der Waals surface area contributed by atoms with Crippen LogP contribution in [0.25, 0.3) is 0 Å². The molecule has 7 heteroatoms. The number of nitro benzene ring substituents is 1. The molecule has 0 amide bonds. The van der Waals surface area contributed by atoms with Crippen LogP contribution >= 0.6 is 12.4 Å². The van der Waals surface area contributed by atoms with E-state index in [0.29, 0.717) is 29.9 Å². The first kappa shape index (κ1) is 15.3. The number of nitrogens with zero attached hydrogens (tertiary/aromatic N) is 1. The Balaban J connectivity index is 0.00000180. The molecular formula is C12H15ClN2O4. The highest BCUT2D eigenvalue weighted by Gasteiger charge is 2.26. The summed E-state index contributed by atoms with van der Waals surface area (Å²) in [5, 5.41) is 11.0. The predicted molar refractivity (Wildman–Crippen MR) is 72.8 cm³/mol. The van der Waals surface area contributed by atoms with Crippen LogP contribution in [0.1, 0.15) is 24.4 Å². The maximum Gasteiger partial charge on any atom is 0.278 e. The molecule has 0 aliphatic carbocycles. The van der Waals surface area contributed by atoms with Crippen LogP contribution in [-0.2, 0) is 0 Å². The molecule has 2 N–H and O–H groups in total. The number of nitrogens with two attached hydrogens (primary N) is 1. The molecule has 1 aromatic rings. The Labute approximate surface area is 116 Å². The van der Waals surface area contributed by atoms with E-state index in [9.17, 15) is 10.1 Å². The van der Waals surface area contributed by atoms with E-state index in [2.05, 4.69) is 6.58 Å². The Kier molecular flexibility index (Phi) is 5.14. The summed E-state index contributed by atoms with van der Waals surface area (Å²) in [5.41, 5.74) is 6.40. The Morgan fingerprint density at radius 3 is 2.68 bits per heavy atom. The van der Waals surface area contributed by atoms with Crippen molar-refractivity contribution >= 4 is 18.1 Å². The van der Waals surface area contributed by atoms with Crippen LogP contribution in [0.5, 0.6) is 11.5 Å². The zero-order valence-electron chi connectivity index (χ0n) is 10.2. The van der Waals surface area contributed by atoms with Gasteiger partial charge < -0.3 is 15.2 Å². The van der Waals surface area contributed by atoms with Crippen LogP contribution in [0, 0.1) is 10.1 Å². The van der Waals surface area contributed by atoms with Crippen molar-refractivity contribution in [1.82, 2.24) is 0 Å². The SMILES string of the molecule is C=CCC[C@@H](N)c1cc2c(cc1[N+](=O)[O-])OCO2.Cl. The lowest BCUT2D eigenvalue weighted by Gasteiger charge is -2.11. The van der Waals surface area contributed by atoms with Gasteiger partial charge in [-0.3, -0.25) is 10.1 Å². The number of nitro groups is 1. The van der Waals surface area contributed by atoms with Gasteiger partial charge >= 0.3 is 0 Å². The van der Waals surface area contributed by atoms with Gasteiger partial charge in [-0.25, -0.2) is 0 Å². The highest BCUT2D eigenvalue weighted by atomic mass is 35.5. The van der Waals surface area contributed by atoms with Gasteiger partial charge in [0.05, 0.1) is 16.6 Å². The van der Waals surface area contributed by atoms with Gasteiger partial charge in [-0.05, 0) is 18.9 Å². The topological polar surface area (TPSA) is 87.6 Å². The molecule has 0 fully saturated rings. The Morgan fingerprint density at radius 1 is 1.47 bits per heavy atom. The Bertz CT molecular complexity index is 493. The molecule has 1 aliphatic rings. The minimum Gasteiger partial charge on any atom is -0.454 e. The molecular weight excluding hydrogens is 272 g/mol. The first-order chi connectivity index (χ1) is 8.63. The summed E-state index contributed by atoms with van der Waals surface area (Å²) in [4.78, 5) is 10.6. The van der Waals surface area contributed by atoms with Crippen molar-refractivity contribution < 1.29 is 14.4 Å². The summed E-state index contributed by atoms with van der Waals surface area (Å²) in [6.07, 6.45) is 3.04. The Hall–Kier alpha value is -1.79. The second kappa shape index (κ2) is 6.40. The van der Waals surface area contributed by atoms with Crippen LogP contribution < -0.4 is 15.2 Å². The fourth-order valence-corrected chi connectivity index (χ4v) is 1.85. The summed E-state index contributed by atoms with van der Waals surface area (Å²) in [7, 11) is 0. The molecule has 1 aliphatic heterocycles.